The van der Waals surface area contributed by atoms with Gasteiger partial charge in [-0.15, -0.1) is 24.0 Å². The SMILES string of the molecule is CN=C(NCc1ccc(C(=O)N(C)C)cc1)N1CCC(Cc2ccccc2)C1.I. The highest BCUT2D eigenvalue weighted by molar-refractivity contribution is 14.0. The van der Waals surface area contributed by atoms with Gasteiger partial charge in [-0.05, 0) is 42.0 Å². The summed E-state index contributed by atoms with van der Waals surface area (Å²) in [7, 11) is 5.37. The minimum Gasteiger partial charge on any atom is -0.352 e. The molecule has 1 amide bonds. The molecule has 1 N–H and O–H groups in total. The molecule has 2 aromatic rings. The summed E-state index contributed by atoms with van der Waals surface area (Å²) in [6, 6.07) is 18.5. The van der Waals surface area contributed by atoms with Gasteiger partial charge in [-0.25, -0.2) is 0 Å². The van der Waals surface area contributed by atoms with Gasteiger partial charge in [-0.1, -0.05) is 42.5 Å². The van der Waals surface area contributed by atoms with Crippen molar-refractivity contribution in [3.05, 3.63) is 71.3 Å². The Bertz CT molecular complexity index is 805. The lowest BCUT2D eigenvalue weighted by Gasteiger charge is -2.22. The molecule has 5 nitrogen and oxygen atoms in total. The monoisotopic (exact) mass is 506 g/mol. The molecule has 1 heterocycles. The summed E-state index contributed by atoms with van der Waals surface area (Å²) in [6.07, 6.45) is 2.31. The second kappa shape index (κ2) is 11.2. The van der Waals surface area contributed by atoms with E-state index in [1.54, 1.807) is 19.0 Å². The second-order valence-corrected chi connectivity index (χ2v) is 7.59. The summed E-state index contributed by atoms with van der Waals surface area (Å²) in [4.78, 5) is 20.4. The summed E-state index contributed by atoms with van der Waals surface area (Å²) in [6.45, 7) is 2.77. The van der Waals surface area contributed by atoms with Crippen molar-refractivity contribution in [2.45, 2.75) is 19.4 Å². The minimum absolute atomic E-state index is 0. The average Bonchev–Trinajstić information content (AvgIpc) is 3.17. The van der Waals surface area contributed by atoms with Crippen molar-refractivity contribution >= 4 is 35.8 Å². The molecule has 1 unspecified atom stereocenters. The van der Waals surface area contributed by atoms with E-state index in [0.29, 0.717) is 18.0 Å². The smallest absolute Gasteiger partial charge is 0.253 e. The normalized spacial score (nSPS) is 16.3. The number of rotatable bonds is 5. The molecule has 0 spiro atoms. The number of carbonyl (C=O) groups is 1. The Morgan fingerprint density at radius 3 is 2.41 bits per heavy atom. The molecule has 1 fully saturated rings. The Morgan fingerprint density at radius 1 is 1.10 bits per heavy atom. The summed E-state index contributed by atoms with van der Waals surface area (Å²) < 4.78 is 0. The van der Waals surface area contributed by atoms with Crippen molar-refractivity contribution in [3.63, 3.8) is 0 Å². The third-order valence-corrected chi connectivity index (χ3v) is 5.22. The Morgan fingerprint density at radius 2 is 1.79 bits per heavy atom. The molecule has 0 bridgehead atoms. The molecule has 0 aromatic heterocycles. The fourth-order valence-electron chi connectivity index (χ4n) is 3.68. The van der Waals surface area contributed by atoms with E-state index in [-0.39, 0.29) is 29.9 Å². The van der Waals surface area contributed by atoms with Crippen LogP contribution in [0.2, 0.25) is 0 Å². The van der Waals surface area contributed by atoms with Crippen molar-refractivity contribution in [1.82, 2.24) is 15.1 Å². The molecule has 0 aliphatic carbocycles. The lowest BCUT2D eigenvalue weighted by Crippen LogP contribution is -2.39. The van der Waals surface area contributed by atoms with Gasteiger partial charge in [0, 0.05) is 46.3 Å². The van der Waals surface area contributed by atoms with Gasteiger partial charge in [0.25, 0.3) is 5.91 Å². The molecule has 1 saturated heterocycles. The highest BCUT2D eigenvalue weighted by Gasteiger charge is 2.24. The van der Waals surface area contributed by atoms with E-state index in [4.69, 9.17) is 0 Å². The first kappa shape index (κ1) is 23.2. The molecule has 1 atom stereocenters. The second-order valence-electron chi connectivity index (χ2n) is 7.59. The largest absolute Gasteiger partial charge is 0.352 e. The Hall–Kier alpha value is -2.09. The third-order valence-electron chi connectivity index (χ3n) is 5.22. The van der Waals surface area contributed by atoms with Gasteiger partial charge in [0.2, 0.25) is 0 Å². The quantitative estimate of drug-likeness (QED) is 0.383. The first-order valence-electron chi connectivity index (χ1n) is 9.87. The Kier molecular flexibility index (Phi) is 8.95. The number of nitrogens with zero attached hydrogens (tertiary/aromatic N) is 3. The summed E-state index contributed by atoms with van der Waals surface area (Å²) in [5.41, 5.74) is 3.25. The number of halogens is 1. The molecule has 156 valence electrons. The van der Waals surface area contributed by atoms with E-state index in [1.165, 1.54) is 12.0 Å². The van der Waals surface area contributed by atoms with Crippen molar-refractivity contribution in [1.29, 1.82) is 0 Å². The van der Waals surface area contributed by atoms with Crippen LogP contribution in [-0.4, -0.2) is 55.9 Å². The number of benzene rings is 2. The number of amides is 1. The molecule has 0 saturated carbocycles. The number of likely N-dealkylation sites (tertiary alicyclic amines) is 1. The topological polar surface area (TPSA) is 47.9 Å². The molecule has 1 aliphatic rings. The van der Waals surface area contributed by atoms with Gasteiger partial charge in [-0.3, -0.25) is 9.79 Å². The van der Waals surface area contributed by atoms with Gasteiger partial charge < -0.3 is 15.1 Å². The molecule has 3 rings (SSSR count). The van der Waals surface area contributed by atoms with Gasteiger partial charge in [0.1, 0.15) is 0 Å². The number of guanidine groups is 1. The number of carbonyl (C=O) groups excluding carboxylic acids is 1. The number of hydrogen-bond donors (Lipinski definition) is 1. The fraction of sp³-hybridized carbons (Fsp3) is 0.391. The highest BCUT2D eigenvalue weighted by atomic mass is 127. The summed E-state index contributed by atoms with van der Waals surface area (Å²) in [5, 5.41) is 3.46. The van der Waals surface area contributed by atoms with E-state index in [0.717, 1.165) is 31.0 Å². The van der Waals surface area contributed by atoms with Crippen LogP contribution in [0.15, 0.2) is 59.6 Å². The van der Waals surface area contributed by atoms with Crippen LogP contribution in [0, 0.1) is 5.92 Å². The maximum absolute atomic E-state index is 12.0. The van der Waals surface area contributed by atoms with Crippen molar-refractivity contribution < 1.29 is 4.79 Å². The van der Waals surface area contributed by atoms with E-state index in [1.807, 2.05) is 31.3 Å². The molecule has 1 aliphatic heterocycles. The van der Waals surface area contributed by atoms with Crippen molar-refractivity contribution in [2.75, 3.05) is 34.2 Å². The molecular formula is C23H31IN4O. The Labute approximate surface area is 191 Å². The third kappa shape index (κ3) is 6.45. The zero-order valence-corrected chi connectivity index (χ0v) is 19.8. The summed E-state index contributed by atoms with van der Waals surface area (Å²) in [5.74, 6) is 1.64. The molecule has 2 aromatic carbocycles. The first-order valence-corrected chi connectivity index (χ1v) is 9.87. The highest BCUT2D eigenvalue weighted by Crippen LogP contribution is 2.21. The number of aliphatic imine (C=N–C) groups is 1. The predicted molar refractivity (Wildman–Crippen MR) is 130 cm³/mol. The van der Waals surface area contributed by atoms with Crippen molar-refractivity contribution in [3.8, 4) is 0 Å². The lowest BCUT2D eigenvalue weighted by molar-refractivity contribution is 0.0827. The lowest BCUT2D eigenvalue weighted by atomic mass is 9.99. The molecule has 6 heteroatoms. The first-order chi connectivity index (χ1) is 13.6. The van der Waals surface area contributed by atoms with Crippen molar-refractivity contribution in [2.24, 2.45) is 10.9 Å². The number of hydrogen-bond acceptors (Lipinski definition) is 2. The van der Waals surface area contributed by atoms with E-state index >= 15 is 0 Å². The van der Waals surface area contributed by atoms with Crippen LogP contribution in [0.3, 0.4) is 0 Å². The van der Waals surface area contributed by atoms with Gasteiger partial charge in [-0.2, -0.15) is 0 Å². The number of nitrogens with one attached hydrogen (secondary N) is 1. The maximum atomic E-state index is 12.0. The fourth-order valence-corrected chi connectivity index (χ4v) is 3.68. The maximum Gasteiger partial charge on any atom is 0.253 e. The summed E-state index contributed by atoms with van der Waals surface area (Å²) >= 11 is 0. The zero-order valence-electron chi connectivity index (χ0n) is 17.5. The minimum atomic E-state index is 0. The Balaban J connectivity index is 0.00000300. The van der Waals surface area contributed by atoms with E-state index in [9.17, 15) is 4.79 Å². The van der Waals surface area contributed by atoms with Crippen LogP contribution < -0.4 is 5.32 Å². The van der Waals surface area contributed by atoms with E-state index in [2.05, 4.69) is 45.5 Å². The van der Waals surface area contributed by atoms with Crippen LogP contribution in [0.4, 0.5) is 0 Å². The predicted octanol–water partition coefficient (Wildman–Crippen LogP) is 3.65. The van der Waals surface area contributed by atoms with Crippen LogP contribution >= 0.6 is 24.0 Å². The van der Waals surface area contributed by atoms with Crippen LogP contribution in [0.5, 0.6) is 0 Å². The van der Waals surface area contributed by atoms with Gasteiger partial charge in [0.05, 0.1) is 0 Å². The van der Waals surface area contributed by atoms with Crippen LogP contribution in [-0.2, 0) is 13.0 Å². The van der Waals surface area contributed by atoms with E-state index < -0.39 is 0 Å². The van der Waals surface area contributed by atoms with Crippen LogP contribution in [0.1, 0.15) is 27.9 Å². The molecular weight excluding hydrogens is 475 g/mol. The molecule has 0 radical (unpaired) electrons. The zero-order chi connectivity index (χ0) is 19.9. The van der Waals surface area contributed by atoms with Gasteiger partial charge >= 0.3 is 0 Å². The molecule has 29 heavy (non-hydrogen) atoms. The van der Waals surface area contributed by atoms with Crippen LogP contribution in [0.25, 0.3) is 0 Å². The standard InChI is InChI=1S/C23H30N4O.HI/c1-24-23(25-16-19-9-11-21(12-10-19)22(28)26(2)3)27-14-13-20(17-27)15-18-7-5-4-6-8-18;/h4-12,20H,13-17H2,1-3H3,(H,24,25);1H. The van der Waals surface area contributed by atoms with Gasteiger partial charge in [0.15, 0.2) is 5.96 Å². The average molecular weight is 506 g/mol.